The predicted octanol–water partition coefficient (Wildman–Crippen LogP) is 3.60. The fourth-order valence-corrected chi connectivity index (χ4v) is 6.58. The van der Waals surface area contributed by atoms with E-state index in [1.54, 1.807) is 21.7 Å². The molecule has 3 heterocycles. The maximum Gasteiger partial charge on any atom is 0.252 e. The monoisotopic (exact) mass is 347 g/mol. The Morgan fingerprint density at radius 1 is 1.45 bits per heavy atom. The molecule has 108 valence electrons. The average molecular weight is 348 g/mol. The van der Waals surface area contributed by atoms with Crippen molar-refractivity contribution in [3.63, 3.8) is 0 Å². The van der Waals surface area contributed by atoms with Crippen molar-refractivity contribution in [3.05, 3.63) is 38.4 Å². The molecule has 0 amide bonds. The zero-order valence-electron chi connectivity index (χ0n) is 10.9. The maximum atomic E-state index is 12.7. The van der Waals surface area contributed by atoms with Gasteiger partial charge in [-0.1, -0.05) is 0 Å². The number of rotatable bonds is 3. The van der Waals surface area contributed by atoms with Gasteiger partial charge >= 0.3 is 0 Å². The molecule has 2 aromatic rings. The Morgan fingerprint density at radius 3 is 2.95 bits per heavy atom. The molecule has 0 radical (unpaired) electrons. The van der Waals surface area contributed by atoms with E-state index < -0.39 is 10.0 Å². The standard InChI is InChI=1S/C13H14ClNO2S3/c1-9-6-13(19-12(9)7-14)20(16,17)15-4-2-11-10(8-15)3-5-18-11/h3,5-6H,2,4,7-8H2,1H3. The molecule has 2 aromatic heterocycles. The van der Waals surface area contributed by atoms with Crippen LogP contribution in [0.2, 0.25) is 0 Å². The third-order valence-electron chi connectivity index (χ3n) is 3.49. The normalized spacial score (nSPS) is 16.3. The van der Waals surface area contributed by atoms with Crippen LogP contribution in [-0.4, -0.2) is 19.3 Å². The second kappa shape index (κ2) is 5.42. The number of alkyl halides is 1. The molecule has 0 atom stereocenters. The molecule has 0 spiro atoms. The molecule has 0 N–H and O–H groups in total. The van der Waals surface area contributed by atoms with Crippen molar-refractivity contribution >= 4 is 44.3 Å². The topological polar surface area (TPSA) is 37.4 Å². The molecule has 7 heteroatoms. The third-order valence-corrected chi connectivity index (χ3v) is 8.47. The molecule has 0 fully saturated rings. The molecule has 1 aliphatic rings. The fourth-order valence-electron chi connectivity index (χ4n) is 2.30. The molecule has 0 saturated heterocycles. The highest BCUT2D eigenvalue weighted by molar-refractivity contribution is 7.91. The number of thiophene rings is 2. The van der Waals surface area contributed by atoms with Crippen LogP contribution in [0.15, 0.2) is 21.7 Å². The number of halogens is 1. The van der Waals surface area contributed by atoms with E-state index >= 15 is 0 Å². The van der Waals surface area contributed by atoms with E-state index in [-0.39, 0.29) is 0 Å². The number of nitrogens with zero attached hydrogens (tertiary/aromatic N) is 1. The Kier molecular flexibility index (Phi) is 3.94. The first-order valence-corrected chi connectivity index (χ1v) is 9.90. The van der Waals surface area contributed by atoms with Crippen molar-refractivity contribution in [1.82, 2.24) is 4.31 Å². The van der Waals surface area contributed by atoms with Crippen LogP contribution in [0, 0.1) is 6.92 Å². The summed E-state index contributed by atoms with van der Waals surface area (Å²) in [6, 6.07) is 3.76. The number of sulfonamides is 1. The van der Waals surface area contributed by atoms with Crippen LogP contribution < -0.4 is 0 Å². The van der Waals surface area contributed by atoms with Crippen molar-refractivity contribution in [2.45, 2.75) is 30.0 Å². The lowest BCUT2D eigenvalue weighted by Gasteiger charge is -2.25. The summed E-state index contributed by atoms with van der Waals surface area (Å²) in [4.78, 5) is 2.23. The van der Waals surface area contributed by atoms with E-state index in [1.807, 2.05) is 18.4 Å². The lowest BCUT2D eigenvalue weighted by Crippen LogP contribution is -2.34. The average Bonchev–Trinajstić information content (AvgIpc) is 3.03. The van der Waals surface area contributed by atoms with Gasteiger partial charge in [-0.15, -0.1) is 34.3 Å². The van der Waals surface area contributed by atoms with E-state index in [9.17, 15) is 8.42 Å². The number of hydrogen-bond acceptors (Lipinski definition) is 4. The highest BCUT2D eigenvalue weighted by Crippen LogP contribution is 2.33. The largest absolute Gasteiger partial charge is 0.252 e. The summed E-state index contributed by atoms with van der Waals surface area (Å²) < 4.78 is 27.4. The Hall–Kier alpha value is -0.400. The fraction of sp³-hybridized carbons (Fsp3) is 0.385. The van der Waals surface area contributed by atoms with Crippen LogP contribution in [0.5, 0.6) is 0 Å². The van der Waals surface area contributed by atoms with E-state index in [1.165, 1.54) is 16.2 Å². The smallest absolute Gasteiger partial charge is 0.206 e. The molecule has 0 bridgehead atoms. The van der Waals surface area contributed by atoms with Crippen molar-refractivity contribution in [1.29, 1.82) is 0 Å². The highest BCUT2D eigenvalue weighted by atomic mass is 35.5. The zero-order chi connectivity index (χ0) is 14.3. The molecule has 3 nitrogen and oxygen atoms in total. The third kappa shape index (κ3) is 2.44. The minimum atomic E-state index is -3.40. The van der Waals surface area contributed by atoms with Crippen LogP contribution in [0.3, 0.4) is 0 Å². The lowest BCUT2D eigenvalue weighted by atomic mass is 10.1. The van der Waals surface area contributed by atoms with Gasteiger partial charge in [-0.05, 0) is 42.0 Å². The van der Waals surface area contributed by atoms with Gasteiger partial charge in [0.15, 0.2) is 0 Å². The van der Waals surface area contributed by atoms with Crippen molar-refractivity contribution < 1.29 is 8.42 Å². The Bertz CT molecular complexity index is 733. The van der Waals surface area contributed by atoms with Crippen LogP contribution in [0.4, 0.5) is 0 Å². The predicted molar refractivity (Wildman–Crippen MR) is 84.2 cm³/mol. The van der Waals surface area contributed by atoms with Crippen LogP contribution >= 0.6 is 34.3 Å². The van der Waals surface area contributed by atoms with Gasteiger partial charge < -0.3 is 0 Å². The molecular weight excluding hydrogens is 334 g/mol. The summed E-state index contributed by atoms with van der Waals surface area (Å²) in [5.41, 5.74) is 2.09. The van der Waals surface area contributed by atoms with E-state index in [0.717, 1.165) is 22.4 Å². The quantitative estimate of drug-likeness (QED) is 0.795. The minimum Gasteiger partial charge on any atom is -0.206 e. The van der Waals surface area contributed by atoms with Gasteiger partial charge in [0, 0.05) is 22.8 Å². The molecule has 3 rings (SSSR count). The molecule has 0 aromatic carbocycles. The Balaban J connectivity index is 1.92. The molecule has 20 heavy (non-hydrogen) atoms. The second-order valence-electron chi connectivity index (χ2n) is 4.76. The number of aryl methyl sites for hydroxylation is 1. The van der Waals surface area contributed by atoms with Gasteiger partial charge in [-0.3, -0.25) is 0 Å². The molecule has 0 aliphatic carbocycles. The summed E-state index contributed by atoms with van der Waals surface area (Å²) in [7, 11) is -3.40. The van der Waals surface area contributed by atoms with Crippen molar-refractivity contribution in [3.8, 4) is 0 Å². The van der Waals surface area contributed by atoms with Gasteiger partial charge in [-0.25, -0.2) is 8.42 Å². The highest BCUT2D eigenvalue weighted by Gasteiger charge is 2.30. The lowest BCUT2D eigenvalue weighted by molar-refractivity contribution is 0.395. The summed E-state index contributed by atoms with van der Waals surface area (Å²) in [6.45, 7) is 2.94. The summed E-state index contributed by atoms with van der Waals surface area (Å²) in [6.07, 6.45) is 0.805. The maximum absolute atomic E-state index is 12.7. The summed E-state index contributed by atoms with van der Waals surface area (Å²) in [5.74, 6) is 0.362. The molecule has 1 aliphatic heterocycles. The van der Waals surface area contributed by atoms with Crippen LogP contribution in [0.25, 0.3) is 0 Å². The second-order valence-corrected chi connectivity index (χ2v) is 9.33. The van der Waals surface area contributed by atoms with Gasteiger partial charge in [-0.2, -0.15) is 4.31 Å². The first-order valence-electron chi connectivity index (χ1n) is 6.23. The number of hydrogen-bond donors (Lipinski definition) is 0. The molecular formula is C13H14ClNO2S3. The van der Waals surface area contributed by atoms with Crippen LogP contribution in [-0.2, 0) is 28.9 Å². The first-order chi connectivity index (χ1) is 9.52. The summed E-state index contributed by atoms with van der Waals surface area (Å²) >= 11 is 8.83. The van der Waals surface area contributed by atoms with Gasteiger partial charge in [0.1, 0.15) is 4.21 Å². The minimum absolute atomic E-state index is 0.362. The van der Waals surface area contributed by atoms with Gasteiger partial charge in [0.2, 0.25) is 0 Å². The van der Waals surface area contributed by atoms with Crippen molar-refractivity contribution in [2.24, 2.45) is 0 Å². The Morgan fingerprint density at radius 2 is 2.25 bits per heavy atom. The molecule has 0 unspecified atom stereocenters. The summed E-state index contributed by atoms with van der Waals surface area (Å²) in [5, 5.41) is 2.03. The van der Waals surface area contributed by atoms with E-state index in [0.29, 0.717) is 23.2 Å². The van der Waals surface area contributed by atoms with Crippen molar-refractivity contribution in [2.75, 3.05) is 6.54 Å². The first kappa shape index (κ1) is 14.5. The Labute approximate surface area is 131 Å². The SMILES string of the molecule is Cc1cc(S(=O)(=O)N2CCc3sccc3C2)sc1CCl. The van der Waals surface area contributed by atoms with Gasteiger partial charge in [0.05, 0.1) is 5.88 Å². The number of fused-ring (bicyclic) bond motifs is 1. The van der Waals surface area contributed by atoms with E-state index in [2.05, 4.69) is 0 Å². The van der Waals surface area contributed by atoms with E-state index in [4.69, 9.17) is 11.6 Å². The molecule has 0 saturated carbocycles. The van der Waals surface area contributed by atoms with Crippen LogP contribution in [0.1, 0.15) is 20.9 Å². The van der Waals surface area contributed by atoms with Gasteiger partial charge in [0.25, 0.3) is 10.0 Å². The zero-order valence-corrected chi connectivity index (χ0v) is 14.1.